The van der Waals surface area contributed by atoms with Gasteiger partial charge in [-0.15, -0.1) is 0 Å². The lowest BCUT2D eigenvalue weighted by atomic mass is 9.88. The number of nitrogens with one attached hydrogen (secondary N) is 1. The first kappa shape index (κ1) is 16.8. The Bertz CT molecular complexity index is 739. The van der Waals surface area contributed by atoms with Crippen LogP contribution < -0.4 is 5.32 Å². The number of hydrogen-bond donors (Lipinski definition) is 1. The van der Waals surface area contributed by atoms with Crippen LogP contribution in [0.15, 0.2) is 47.8 Å². The molecule has 3 nitrogen and oxygen atoms in total. The van der Waals surface area contributed by atoms with Gasteiger partial charge in [0.1, 0.15) is 5.82 Å². The van der Waals surface area contributed by atoms with Crippen LogP contribution in [0.3, 0.4) is 0 Å². The molecule has 1 fully saturated rings. The van der Waals surface area contributed by atoms with Gasteiger partial charge in [-0.3, -0.25) is 4.79 Å². The lowest BCUT2D eigenvalue weighted by Gasteiger charge is -2.22. The van der Waals surface area contributed by atoms with Crippen molar-refractivity contribution >= 4 is 23.6 Å². The largest absolute Gasteiger partial charge is 0.498 e. The van der Waals surface area contributed by atoms with Crippen molar-refractivity contribution in [3.63, 3.8) is 0 Å². The molecule has 2 atom stereocenters. The molecular weight excluding hydrogens is 329 g/mol. The predicted molar refractivity (Wildman–Crippen MR) is 92.9 cm³/mol. The summed E-state index contributed by atoms with van der Waals surface area (Å²) in [4.78, 5) is 12.1. The highest BCUT2D eigenvalue weighted by molar-refractivity contribution is 6.32. The van der Waals surface area contributed by atoms with Crippen molar-refractivity contribution in [3.05, 3.63) is 64.2 Å². The van der Waals surface area contributed by atoms with Gasteiger partial charge in [0.05, 0.1) is 17.4 Å². The van der Waals surface area contributed by atoms with Gasteiger partial charge in [-0.1, -0.05) is 23.7 Å². The van der Waals surface area contributed by atoms with Crippen LogP contribution in [0.25, 0.3) is 6.08 Å². The van der Waals surface area contributed by atoms with E-state index in [1.807, 2.05) is 19.1 Å². The van der Waals surface area contributed by atoms with Crippen molar-refractivity contribution in [2.45, 2.75) is 25.8 Å². The predicted octanol–water partition coefficient (Wildman–Crippen LogP) is 4.25. The van der Waals surface area contributed by atoms with Crippen LogP contribution in [-0.4, -0.2) is 18.6 Å². The van der Waals surface area contributed by atoms with Crippen LogP contribution in [0, 0.1) is 11.7 Å². The molecule has 2 aliphatic rings. The van der Waals surface area contributed by atoms with E-state index < -0.39 is 5.82 Å². The summed E-state index contributed by atoms with van der Waals surface area (Å²) in [6, 6.07) is 4.03. The molecule has 0 aromatic heterocycles. The zero-order valence-electron chi connectivity index (χ0n) is 13.4. The van der Waals surface area contributed by atoms with E-state index in [1.165, 1.54) is 23.8 Å². The molecule has 1 saturated heterocycles. The highest BCUT2D eigenvalue weighted by Gasteiger charge is 2.27. The van der Waals surface area contributed by atoms with Crippen LogP contribution in [0.4, 0.5) is 4.39 Å². The first-order valence-corrected chi connectivity index (χ1v) is 8.38. The third-order valence-corrected chi connectivity index (χ3v) is 4.70. The van der Waals surface area contributed by atoms with Crippen molar-refractivity contribution in [1.82, 2.24) is 5.32 Å². The minimum Gasteiger partial charge on any atom is -0.498 e. The third-order valence-electron chi connectivity index (χ3n) is 4.37. The molecule has 1 N–H and O–H groups in total. The minimum absolute atomic E-state index is 0.0516. The van der Waals surface area contributed by atoms with E-state index in [2.05, 4.69) is 5.32 Å². The Morgan fingerprint density at radius 1 is 1.46 bits per heavy atom. The van der Waals surface area contributed by atoms with E-state index in [9.17, 15) is 9.18 Å². The summed E-state index contributed by atoms with van der Waals surface area (Å²) < 4.78 is 18.6. The van der Waals surface area contributed by atoms with Gasteiger partial charge >= 0.3 is 0 Å². The Labute approximate surface area is 145 Å². The molecule has 1 aromatic rings. The third kappa shape index (κ3) is 3.88. The van der Waals surface area contributed by atoms with Crippen LogP contribution in [0.5, 0.6) is 0 Å². The lowest BCUT2D eigenvalue weighted by Crippen LogP contribution is -2.33. The van der Waals surface area contributed by atoms with E-state index in [0.717, 1.165) is 25.2 Å². The molecule has 3 rings (SSSR count). The average molecular weight is 348 g/mol. The zero-order valence-corrected chi connectivity index (χ0v) is 14.1. The van der Waals surface area contributed by atoms with Gasteiger partial charge in [0.15, 0.2) is 0 Å². The number of amides is 1. The first-order valence-electron chi connectivity index (χ1n) is 8.00. The van der Waals surface area contributed by atoms with Gasteiger partial charge < -0.3 is 10.1 Å². The Kier molecular flexibility index (Phi) is 5.05. The number of carbonyl (C=O) groups excluding carboxylic acids is 1. The maximum Gasteiger partial charge on any atom is 0.244 e. The molecule has 0 spiro atoms. The molecule has 2 unspecified atom stereocenters. The number of rotatable bonds is 4. The van der Waals surface area contributed by atoms with E-state index in [1.54, 1.807) is 12.1 Å². The van der Waals surface area contributed by atoms with E-state index >= 15 is 0 Å². The van der Waals surface area contributed by atoms with Crippen LogP contribution in [0.2, 0.25) is 5.02 Å². The highest BCUT2D eigenvalue weighted by Crippen LogP contribution is 2.34. The summed E-state index contributed by atoms with van der Waals surface area (Å²) in [5.74, 6) is 0.894. The Morgan fingerprint density at radius 3 is 3.08 bits per heavy atom. The standard InChI is InChI=1S/C19H19ClFNO2/c1-12(14-3-6-18-15(10-14)8-9-24-18)22-19(23)7-4-13-2-5-16(21)11-17(13)20/h2-7,11-12,15H,8-10H2,1H3,(H,22,23)/b7-4+. The maximum atomic E-state index is 13.0. The fourth-order valence-corrected chi connectivity index (χ4v) is 3.22. The molecule has 1 amide bonds. The maximum absolute atomic E-state index is 13.0. The smallest absolute Gasteiger partial charge is 0.244 e. The van der Waals surface area contributed by atoms with Gasteiger partial charge in [0, 0.05) is 18.0 Å². The van der Waals surface area contributed by atoms with E-state index in [4.69, 9.17) is 16.3 Å². The SMILES string of the molecule is CC(NC(=O)/C=C/c1ccc(F)cc1Cl)C1=CC=C2OCCC2C1. The van der Waals surface area contributed by atoms with Crippen LogP contribution >= 0.6 is 11.6 Å². The second-order valence-electron chi connectivity index (χ2n) is 6.08. The molecule has 126 valence electrons. The molecule has 1 heterocycles. The number of carbonyl (C=O) groups is 1. The van der Waals surface area contributed by atoms with Crippen molar-refractivity contribution in [1.29, 1.82) is 0 Å². The molecule has 24 heavy (non-hydrogen) atoms. The summed E-state index contributed by atoms with van der Waals surface area (Å²) in [5, 5.41) is 3.23. The Morgan fingerprint density at radius 2 is 2.29 bits per heavy atom. The van der Waals surface area contributed by atoms with Crippen LogP contribution in [0.1, 0.15) is 25.3 Å². The fraction of sp³-hybridized carbons (Fsp3) is 0.316. The van der Waals surface area contributed by atoms with Crippen molar-refractivity contribution in [3.8, 4) is 0 Å². The quantitative estimate of drug-likeness (QED) is 0.827. The zero-order chi connectivity index (χ0) is 17.1. The second-order valence-corrected chi connectivity index (χ2v) is 6.49. The van der Waals surface area contributed by atoms with Gasteiger partial charge in [0.25, 0.3) is 0 Å². The van der Waals surface area contributed by atoms with E-state index in [-0.39, 0.29) is 17.0 Å². The van der Waals surface area contributed by atoms with Crippen LogP contribution in [-0.2, 0) is 9.53 Å². The highest BCUT2D eigenvalue weighted by atomic mass is 35.5. The number of ether oxygens (including phenoxy) is 1. The summed E-state index contributed by atoms with van der Waals surface area (Å²) in [6.45, 7) is 2.75. The average Bonchev–Trinajstić information content (AvgIpc) is 3.01. The first-order chi connectivity index (χ1) is 11.5. The molecule has 1 aliphatic heterocycles. The van der Waals surface area contributed by atoms with Crippen molar-refractivity contribution in [2.24, 2.45) is 5.92 Å². The molecule has 1 aromatic carbocycles. The normalized spacial score (nSPS) is 20.9. The van der Waals surface area contributed by atoms with E-state index in [0.29, 0.717) is 11.5 Å². The molecule has 0 radical (unpaired) electrons. The number of hydrogen-bond acceptors (Lipinski definition) is 2. The molecule has 0 bridgehead atoms. The molecule has 0 saturated carbocycles. The van der Waals surface area contributed by atoms with Gasteiger partial charge in [-0.2, -0.15) is 0 Å². The van der Waals surface area contributed by atoms with Gasteiger partial charge in [0.2, 0.25) is 5.91 Å². The van der Waals surface area contributed by atoms with Gasteiger partial charge in [-0.25, -0.2) is 4.39 Å². The Balaban J connectivity index is 1.59. The van der Waals surface area contributed by atoms with Gasteiger partial charge in [-0.05, 0) is 55.2 Å². The fourth-order valence-electron chi connectivity index (χ4n) is 2.99. The topological polar surface area (TPSA) is 38.3 Å². The lowest BCUT2D eigenvalue weighted by molar-refractivity contribution is -0.116. The van der Waals surface area contributed by atoms with Crippen molar-refractivity contribution in [2.75, 3.05) is 6.61 Å². The molecular formula is C19H19ClFNO2. The molecule has 1 aliphatic carbocycles. The Hall–Kier alpha value is -2.07. The molecule has 5 heteroatoms. The summed E-state index contributed by atoms with van der Waals surface area (Å²) in [7, 11) is 0. The number of allylic oxidation sites excluding steroid dienone is 3. The monoisotopic (exact) mass is 347 g/mol. The van der Waals surface area contributed by atoms with Crippen molar-refractivity contribution < 1.29 is 13.9 Å². The summed E-state index contributed by atoms with van der Waals surface area (Å²) in [6.07, 6.45) is 8.99. The minimum atomic E-state index is -0.400. The number of benzene rings is 1. The second kappa shape index (κ2) is 7.22. The summed E-state index contributed by atoms with van der Waals surface area (Å²) in [5.41, 5.74) is 1.80. The summed E-state index contributed by atoms with van der Waals surface area (Å²) >= 11 is 5.94. The number of fused-ring (bicyclic) bond motifs is 1. The number of halogens is 2.